The molecule has 0 aliphatic heterocycles. The third kappa shape index (κ3) is 8.44. The molecule has 4 aromatic rings. The molecule has 0 aromatic heterocycles. The number of hydrogen-bond donors (Lipinski definition) is 0. The molecule has 0 saturated heterocycles. The van der Waals surface area contributed by atoms with Crippen LogP contribution in [0.1, 0.15) is 60.6 Å². The molecule has 0 heterocycles. The van der Waals surface area contributed by atoms with E-state index in [1.807, 2.05) is 110 Å². The van der Waals surface area contributed by atoms with Crippen LogP contribution in [0.4, 0.5) is 0 Å². The molecule has 5 rings (SSSR count). The molecule has 4 aromatic carbocycles. The third-order valence-electron chi connectivity index (χ3n) is 8.51. The molecule has 2 unspecified atom stereocenters. The number of para-hydroxylation sites is 3. The maximum Gasteiger partial charge on any atom is 0.647 e. The first-order chi connectivity index (χ1) is 23.2. The van der Waals surface area contributed by atoms with E-state index in [1.165, 1.54) is 6.07 Å². The van der Waals surface area contributed by atoms with Crippen LogP contribution in [-0.4, -0.2) is 0 Å². The molecule has 49 heavy (non-hydrogen) atoms. The van der Waals surface area contributed by atoms with Gasteiger partial charge in [0.1, 0.15) is 34.5 Å². The van der Waals surface area contributed by atoms with E-state index in [1.54, 1.807) is 18.2 Å². The van der Waals surface area contributed by atoms with Crippen molar-refractivity contribution in [2.24, 2.45) is 5.92 Å². The van der Waals surface area contributed by atoms with Crippen molar-refractivity contribution in [1.29, 1.82) is 0 Å². The van der Waals surface area contributed by atoms with Crippen LogP contribution < -0.4 is 22.6 Å². The van der Waals surface area contributed by atoms with E-state index in [9.17, 15) is 9.13 Å². The molecule has 0 saturated carbocycles. The summed E-state index contributed by atoms with van der Waals surface area (Å²) in [6.07, 6.45) is 2.90. The SMILES string of the molecule is CC1=CCC(C)C(C)=C1OP(=O)(Oc1cccc(OP(=O)(Oc2c(C)cccc2C)Oc2c(C)cccc2C)c1)Oc1c(C)cccc1C. The van der Waals surface area contributed by atoms with Crippen LogP contribution >= 0.6 is 15.6 Å². The summed E-state index contributed by atoms with van der Waals surface area (Å²) in [5.74, 6) is 2.02. The molecule has 2 atom stereocenters. The molecule has 0 N–H and O–H groups in total. The average Bonchev–Trinajstić information content (AvgIpc) is 3.03. The summed E-state index contributed by atoms with van der Waals surface area (Å²) in [4.78, 5) is 0. The highest BCUT2D eigenvalue weighted by atomic mass is 31.2. The normalized spacial score (nSPS) is 15.9. The minimum atomic E-state index is -4.39. The summed E-state index contributed by atoms with van der Waals surface area (Å²) < 4.78 is 66.1. The van der Waals surface area contributed by atoms with E-state index in [0.29, 0.717) is 23.0 Å². The van der Waals surface area contributed by atoms with Crippen molar-refractivity contribution >= 4 is 15.6 Å². The fourth-order valence-electron chi connectivity index (χ4n) is 5.54. The Labute approximate surface area is 289 Å². The zero-order valence-corrected chi connectivity index (χ0v) is 31.3. The number of hydrogen-bond acceptors (Lipinski definition) is 8. The fraction of sp³-hybridized carbons (Fsp3) is 0.282. The van der Waals surface area contributed by atoms with Gasteiger partial charge in [-0.1, -0.05) is 73.7 Å². The van der Waals surface area contributed by atoms with Crippen molar-refractivity contribution in [1.82, 2.24) is 0 Å². The highest BCUT2D eigenvalue weighted by Crippen LogP contribution is 2.56. The lowest BCUT2D eigenvalue weighted by molar-refractivity contribution is 0.254. The van der Waals surface area contributed by atoms with Crippen LogP contribution in [0, 0.1) is 47.5 Å². The summed E-state index contributed by atoms with van der Waals surface area (Å²) in [5.41, 5.74) is 6.38. The summed E-state index contributed by atoms with van der Waals surface area (Å²) in [5, 5.41) is 0. The van der Waals surface area contributed by atoms with E-state index in [-0.39, 0.29) is 17.4 Å². The molecule has 10 heteroatoms. The summed E-state index contributed by atoms with van der Waals surface area (Å²) in [7, 11) is -8.77. The molecule has 258 valence electrons. The van der Waals surface area contributed by atoms with Gasteiger partial charge in [-0.25, -0.2) is 0 Å². The van der Waals surface area contributed by atoms with Crippen molar-refractivity contribution < 1.29 is 36.3 Å². The first kappa shape index (κ1) is 35.9. The van der Waals surface area contributed by atoms with Crippen LogP contribution in [0.3, 0.4) is 0 Å². The second-order valence-corrected chi connectivity index (χ2v) is 15.5. The minimum absolute atomic E-state index is 0.0923. The minimum Gasteiger partial charge on any atom is -0.386 e. The highest BCUT2D eigenvalue weighted by molar-refractivity contribution is 7.50. The Kier molecular flexibility index (Phi) is 10.7. The van der Waals surface area contributed by atoms with Crippen LogP contribution in [0.15, 0.2) is 102 Å². The predicted molar refractivity (Wildman–Crippen MR) is 194 cm³/mol. The smallest absolute Gasteiger partial charge is 0.386 e. The van der Waals surface area contributed by atoms with E-state index in [0.717, 1.165) is 50.9 Å². The summed E-state index contributed by atoms with van der Waals surface area (Å²) in [6.45, 7) is 17.1. The Hall–Kier alpha value is -4.38. The molecular formula is C39H44O8P2. The van der Waals surface area contributed by atoms with Gasteiger partial charge in [-0.05, 0) is 124 Å². The van der Waals surface area contributed by atoms with Gasteiger partial charge in [-0.3, -0.25) is 0 Å². The van der Waals surface area contributed by atoms with Gasteiger partial charge in [0.2, 0.25) is 0 Å². The molecule has 0 amide bonds. The monoisotopic (exact) mass is 702 g/mol. The molecule has 1 aliphatic carbocycles. The molecule has 1 aliphatic rings. The molecule has 0 radical (unpaired) electrons. The number of phosphoric acid groups is 2. The number of benzene rings is 4. The van der Waals surface area contributed by atoms with Crippen LogP contribution in [0.5, 0.6) is 28.7 Å². The lowest BCUT2D eigenvalue weighted by Crippen LogP contribution is -2.12. The van der Waals surface area contributed by atoms with Gasteiger partial charge in [0, 0.05) is 6.07 Å². The van der Waals surface area contributed by atoms with Crippen molar-refractivity contribution in [3.05, 3.63) is 135 Å². The third-order valence-corrected chi connectivity index (χ3v) is 11.0. The average molecular weight is 703 g/mol. The zero-order chi connectivity index (χ0) is 35.5. The predicted octanol–water partition coefficient (Wildman–Crippen LogP) is 12.0. The number of rotatable bonds is 12. The van der Waals surface area contributed by atoms with Gasteiger partial charge in [0.15, 0.2) is 0 Å². The van der Waals surface area contributed by atoms with Crippen LogP contribution in [0.25, 0.3) is 0 Å². The van der Waals surface area contributed by atoms with Crippen molar-refractivity contribution in [3.63, 3.8) is 0 Å². The lowest BCUT2D eigenvalue weighted by Gasteiger charge is -2.27. The molecule has 8 nitrogen and oxygen atoms in total. The molecule has 0 spiro atoms. The maximum atomic E-state index is 14.7. The number of allylic oxidation sites excluding steroid dienone is 3. The molecule has 0 fully saturated rings. The van der Waals surface area contributed by atoms with Crippen molar-refractivity contribution in [2.75, 3.05) is 0 Å². The number of aryl methyl sites for hydroxylation is 6. The van der Waals surface area contributed by atoms with E-state index in [4.69, 9.17) is 27.1 Å². The Balaban J connectivity index is 1.52. The first-order valence-electron chi connectivity index (χ1n) is 16.2. The summed E-state index contributed by atoms with van der Waals surface area (Å²) in [6, 6.07) is 23.1. The topological polar surface area (TPSA) is 89.5 Å². The largest absolute Gasteiger partial charge is 0.647 e. The van der Waals surface area contributed by atoms with Gasteiger partial charge < -0.3 is 27.1 Å². The van der Waals surface area contributed by atoms with Crippen molar-refractivity contribution in [2.45, 2.75) is 68.7 Å². The first-order valence-corrected chi connectivity index (χ1v) is 19.1. The molecule has 0 bridgehead atoms. The highest BCUT2D eigenvalue weighted by Gasteiger charge is 2.39. The second kappa shape index (κ2) is 14.6. The van der Waals surface area contributed by atoms with E-state index in [2.05, 4.69) is 13.0 Å². The van der Waals surface area contributed by atoms with Gasteiger partial charge in [-0.2, -0.15) is 9.13 Å². The lowest BCUT2D eigenvalue weighted by atomic mass is 9.90. The zero-order valence-electron chi connectivity index (χ0n) is 29.5. The van der Waals surface area contributed by atoms with Gasteiger partial charge in [0.05, 0.1) is 0 Å². The van der Waals surface area contributed by atoms with Gasteiger partial charge in [0.25, 0.3) is 0 Å². The Morgan fingerprint density at radius 1 is 0.510 bits per heavy atom. The Bertz CT molecular complexity index is 1910. The van der Waals surface area contributed by atoms with Gasteiger partial charge >= 0.3 is 15.6 Å². The van der Waals surface area contributed by atoms with Gasteiger partial charge in [-0.15, -0.1) is 0 Å². The second-order valence-electron chi connectivity index (χ2n) is 12.6. The van der Waals surface area contributed by atoms with E-state index < -0.39 is 15.6 Å². The van der Waals surface area contributed by atoms with Crippen LogP contribution in [-0.2, 0) is 13.7 Å². The Morgan fingerprint density at radius 2 is 0.857 bits per heavy atom. The van der Waals surface area contributed by atoms with Crippen LogP contribution in [0.2, 0.25) is 0 Å². The fourth-order valence-corrected chi connectivity index (χ4v) is 8.55. The maximum absolute atomic E-state index is 14.7. The van der Waals surface area contributed by atoms with Crippen molar-refractivity contribution in [3.8, 4) is 28.7 Å². The number of phosphoric ester groups is 2. The van der Waals surface area contributed by atoms with E-state index >= 15 is 0 Å². The Morgan fingerprint density at radius 3 is 1.24 bits per heavy atom. The summed E-state index contributed by atoms with van der Waals surface area (Å²) >= 11 is 0. The quantitative estimate of drug-likeness (QED) is 0.135. The molecular weight excluding hydrogens is 658 g/mol. The standard InChI is InChI=1S/C39H44O8P2/c1-25-22-23-32(8)39(33(25)9)47-49(41,46-38-30(6)18-12-19-31(38)7)43-35-21-13-20-34(24-35)42-48(40,44-36-26(2)14-10-15-27(36)3)45-37-28(4)16-11-17-29(37)5/h10-21,23-25H,22H2,1-9H3.